The molecule has 4 aromatic rings. The van der Waals surface area contributed by atoms with E-state index in [1.165, 1.54) is 30.4 Å². The van der Waals surface area contributed by atoms with Crippen LogP contribution in [-0.2, 0) is 11.3 Å². The molecule has 0 radical (unpaired) electrons. The number of carbonyl (C=O) groups is 1. The van der Waals surface area contributed by atoms with Gasteiger partial charge in [-0.25, -0.2) is 0 Å². The van der Waals surface area contributed by atoms with Crippen LogP contribution in [0.5, 0.6) is 17.2 Å². The zero-order valence-corrected chi connectivity index (χ0v) is 21.5. The summed E-state index contributed by atoms with van der Waals surface area (Å²) < 4.78 is 17.0. The Morgan fingerprint density at radius 2 is 1.68 bits per heavy atom. The minimum absolute atomic E-state index is 0.121. The van der Waals surface area contributed by atoms with Gasteiger partial charge < -0.3 is 19.0 Å². The number of ether oxygens (including phenoxy) is 2. The van der Waals surface area contributed by atoms with Crippen LogP contribution in [0, 0.1) is 6.92 Å². The number of fused-ring (bicyclic) bond motifs is 1. The van der Waals surface area contributed by atoms with Crippen molar-refractivity contribution >= 4 is 16.9 Å². The van der Waals surface area contributed by atoms with Crippen LogP contribution < -0.4 is 14.9 Å². The van der Waals surface area contributed by atoms with Crippen molar-refractivity contribution in [3.63, 3.8) is 0 Å². The van der Waals surface area contributed by atoms with Gasteiger partial charge in [-0.2, -0.15) is 0 Å². The topological polar surface area (TPSA) is 92.4 Å². The number of esters is 1. The highest BCUT2D eigenvalue weighted by molar-refractivity contribution is 5.84. The number of phenols is 1. The van der Waals surface area contributed by atoms with Gasteiger partial charge in [0.25, 0.3) is 0 Å². The van der Waals surface area contributed by atoms with Gasteiger partial charge in [-0.05, 0) is 42.8 Å². The largest absolute Gasteiger partial charge is 0.507 e. The van der Waals surface area contributed by atoms with Crippen molar-refractivity contribution in [1.29, 1.82) is 0 Å². The molecule has 1 fully saturated rings. The van der Waals surface area contributed by atoms with E-state index in [0.29, 0.717) is 11.3 Å². The average Bonchev–Trinajstić information content (AvgIpc) is 2.91. The van der Waals surface area contributed by atoms with E-state index in [9.17, 15) is 14.7 Å². The predicted octanol–water partition coefficient (Wildman–Crippen LogP) is 4.21. The van der Waals surface area contributed by atoms with Crippen molar-refractivity contribution < 1.29 is 23.8 Å². The highest BCUT2D eigenvalue weighted by Gasteiger charge is 2.21. The molecule has 3 aromatic carbocycles. The Bertz CT molecular complexity index is 1500. The van der Waals surface area contributed by atoms with Crippen LogP contribution in [0.4, 0.5) is 0 Å². The van der Waals surface area contributed by atoms with Crippen molar-refractivity contribution in [2.75, 3.05) is 39.8 Å². The fraction of sp³-hybridized carbons (Fsp3) is 0.267. The van der Waals surface area contributed by atoms with Crippen LogP contribution in [0.2, 0.25) is 0 Å². The van der Waals surface area contributed by atoms with Crippen LogP contribution in [0.3, 0.4) is 0 Å². The summed E-state index contributed by atoms with van der Waals surface area (Å²) in [6.45, 7) is 6.43. The first kappa shape index (κ1) is 25.5. The zero-order chi connectivity index (χ0) is 26.6. The number of benzene rings is 3. The minimum atomic E-state index is -0.391. The number of piperazine rings is 1. The molecule has 8 heteroatoms. The fourth-order valence-corrected chi connectivity index (χ4v) is 4.64. The predicted molar refractivity (Wildman–Crippen MR) is 145 cm³/mol. The molecule has 196 valence electrons. The summed E-state index contributed by atoms with van der Waals surface area (Å²) in [6.07, 6.45) is 0. The molecular weight excluding hydrogens is 484 g/mol. The summed E-state index contributed by atoms with van der Waals surface area (Å²) >= 11 is 0. The Hall–Kier alpha value is -4.14. The molecule has 0 saturated carbocycles. The molecule has 0 unspecified atom stereocenters. The van der Waals surface area contributed by atoms with E-state index in [-0.39, 0.29) is 40.2 Å². The fourth-order valence-electron chi connectivity index (χ4n) is 4.64. The number of carbonyl (C=O) groups excluding carboxylic acids is 1. The van der Waals surface area contributed by atoms with Gasteiger partial charge in [-0.15, -0.1) is 0 Å². The van der Waals surface area contributed by atoms with Gasteiger partial charge >= 0.3 is 5.97 Å². The second kappa shape index (κ2) is 11.1. The Labute approximate surface area is 220 Å². The standard InChI is InChI=1S/C30H30N2O6/c1-20-6-8-21(9-7-20)18-31-12-14-32(15-13-31)19-29(35)38-28-16-22(10-11-25(28)36-2)27-17-24(34)30-23(33)4-3-5-26(30)37-27/h3-11,16-17,33H,12-15,18-19H2,1-2H3. The van der Waals surface area contributed by atoms with Gasteiger partial charge in [-0.1, -0.05) is 35.9 Å². The number of hydrogen-bond donors (Lipinski definition) is 1. The summed E-state index contributed by atoms with van der Waals surface area (Å²) in [5.74, 6) is 0.399. The van der Waals surface area contributed by atoms with Gasteiger partial charge in [0.1, 0.15) is 22.5 Å². The third-order valence-corrected chi connectivity index (χ3v) is 6.75. The van der Waals surface area contributed by atoms with Crippen molar-refractivity contribution in [2.24, 2.45) is 0 Å². The molecule has 0 atom stereocenters. The van der Waals surface area contributed by atoms with E-state index in [0.717, 1.165) is 32.7 Å². The van der Waals surface area contributed by atoms with Crippen LogP contribution in [0.15, 0.2) is 75.9 Å². The Morgan fingerprint density at radius 3 is 2.42 bits per heavy atom. The highest BCUT2D eigenvalue weighted by Crippen LogP contribution is 2.34. The number of hydrogen-bond acceptors (Lipinski definition) is 8. The summed E-state index contributed by atoms with van der Waals surface area (Å²) in [5.41, 5.74) is 2.98. The third kappa shape index (κ3) is 5.72. The lowest BCUT2D eigenvalue weighted by molar-refractivity contribution is -0.136. The van der Waals surface area contributed by atoms with Crippen LogP contribution in [0.1, 0.15) is 11.1 Å². The summed E-state index contributed by atoms with van der Waals surface area (Å²) in [7, 11) is 1.50. The first-order valence-corrected chi connectivity index (χ1v) is 12.5. The number of phenolic OH excluding ortho intramolecular Hbond substituents is 1. The first-order chi connectivity index (χ1) is 18.4. The molecule has 2 heterocycles. The zero-order valence-electron chi connectivity index (χ0n) is 21.5. The number of aryl methyl sites for hydroxylation is 1. The van der Waals surface area contributed by atoms with E-state index in [1.54, 1.807) is 30.3 Å². The molecule has 0 spiro atoms. The lowest BCUT2D eigenvalue weighted by atomic mass is 10.1. The average molecular weight is 515 g/mol. The maximum atomic E-state index is 12.8. The SMILES string of the molecule is COc1ccc(-c2cc(=O)c3c(O)cccc3o2)cc1OC(=O)CN1CCN(Cc2ccc(C)cc2)CC1. The Morgan fingerprint density at radius 1 is 0.947 bits per heavy atom. The van der Waals surface area contributed by atoms with Crippen molar-refractivity contribution in [3.8, 4) is 28.6 Å². The smallest absolute Gasteiger partial charge is 0.325 e. The maximum Gasteiger partial charge on any atom is 0.325 e. The number of methoxy groups -OCH3 is 1. The van der Waals surface area contributed by atoms with Crippen molar-refractivity contribution in [3.05, 3.63) is 88.1 Å². The van der Waals surface area contributed by atoms with E-state index < -0.39 is 5.97 Å². The van der Waals surface area contributed by atoms with E-state index in [4.69, 9.17) is 13.9 Å². The number of aromatic hydroxyl groups is 1. The van der Waals surface area contributed by atoms with Crippen LogP contribution in [-0.4, -0.2) is 60.7 Å². The van der Waals surface area contributed by atoms with Gasteiger partial charge in [0.15, 0.2) is 16.9 Å². The van der Waals surface area contributed by atoms with Crippen molar-refractivity contribution in [2.45, 2.75) is 13.5 Å². The van der Waals surface area contributed by atoms with Gasteiger partial charge in [0, 0.05) is 44.4 Å². The molecule has 0 aliphatic carbocycles. The van der Waals surface area contributed by atoms with Crippen molar-refractivity contribution in [1.82, 2.24) is 9.80 Å². The lowest BCUT2D eigenvalue weighted by Gasteiger charge is -2.34. The van der Waals surface area contributed by atoms with Gasteiger partial charge in [0.2, 0.25) is 0 Å². The summed E-state index contributed by atoms with van der Waals surface area (Å²) in [5, 5.41) is 10.1. The van der Waals surface area contributed by atoms with Gasteiger partial charge in [-0.3, -0.25) is 19.4 Å². The molecule has 5 rings (SSSR count). The summed E-state index contributed by atoms with van der Waals surface area (Å²) in [4.78, 5) is 29.9. The van der Waals surface area contributed by atoms with Crippen LogP contribution >= 0.6 is 0 Å². The molecule has 1 N–H and O–H groups in total. The molecule has 1 aliphatic heterocycles. The first-order valence-electron chi connectivity index (χ1n) is 12.5. The summed E-state index contributed by atoms with van der Waals surface area (Å²) in [6, 6.07) is 19.5. The lowest BCUT2D eigenvalue weighted by Crippen LogP contribution is -2.48. The van der Waals surface area contributed by atoms with Crippen LogP contribution in [0.25, 0.3) is 22.3 Å². The normalized spacial score (nSPS) is 14.5. The molecule has 0 bridgehead atoms. The molecule has 1 aliphatic rings. The van der Waals surface area contributed by atoms with E-state index in [1.807, 2.05) is 0 Å². The number of rotatable bonds is 7. The van der Waals surface area contributed by atoms with E-state index in [2.05, 4.69) is 41.0 Å². The maximum absolute atomic E-state index is 12.8. The Kier molecular flexibility index (Phi) is 7.44. The monoisotopic (exact) mass is 514 g/mol. The molecule has 8 nitrogen and oxygen atoms in total. The quantitative estimate of drug-likeness (QED) is 0.290. The second-order valence-electron chi connectivity index (χ2n) is 9.50. The molecule has 1 saturated heterocycles. The van der Waals surface area contributed by atoms with E-state index >= 15 is 0 Å². The molecule has 1 aromatic heterocycles. The third-order valence-electron chi connectivity index (χ3n) is 6.75. The highest BCUT2D eigenvalue weighted by atomic mass is 16.6. The molecule has 38 heavy (non-hydrogen) atoms. The Balaban J connectivity index is 1.24. The van der Waals surface area contributed by atoms with Gasteiger partial charge in [0.05, 0.1) is 13.7 Å². The molecular formula is C30H30N2O6. The second-order valence-corrected chi connectivity index (χ2v) is 9.50. The minimum Gasteiger partial charge on any atom is -0.507 e. The molecule has 0 amide bonds. The number of nitrogens with zero attached hydrogens (tertiary/aromatic N) is 2.